The molecule has 0 radical (unpaired) electrons. The molecule has 1 saturated carbocycles. The maximum atomic E-state index is 12.8. The van der Waals surface area contributed by atoms with Crippen molar-refractivity contribution in [2.24, 2.45) is 5.73 Å². The summed E-state index contributed by atoms with van der Waals surface area (Å²) < 4.78 is 27.1. The zero-order chi connectivity index (χ0) is 14.8. The molecule has 1 aliphatic rings. The van der Waals surface area contributed by atoms with Crippen molar-refractivity contribution in [3.63, 3.8) is 0 Å². The predicted molar refractivity (Wildman–Crippen MR) is 79.2 cm³/mol. The summed E-state index contributed by atoms with van der Waals surface area (Å²) >= 11 is 0. The highest BCUT2D eigenvalue weighted by Gasteiger charge is 2.34. The molecule has 0 unspecified atom stereocenters. The van der Waals surface area contributed by atoms with E-state index in [1.54, 1.807) is 25.1 Å². The minimum atomic E-state index is -3.60. The van der Waals surface area contributed by atoms with E-state index >= 15 is 0 Å². The van der Waals surface area contributed by atoms with E-state index < -0.39 is 10.0 Å². The van der Waals surface area contributed by atoms with Gasteiger partial charge in [0.15, 0.2) is 0 Å². The van der Waals surface area contributed by atoms with Crippen LogP contribution < -0.4 is 5.73 Å². The number of sulfonamides is 1. The maximum absolute atomic E-state index is 12.8. The number of rotatable bonds is 5. The Morgan fingerprint density at radius 2 is 1.95 bits per heavy atom. The van der Waals surface area contributed by atoms with Crippen molar-refractivity contribution in [1.82, 2.24) is 4.31 Å². The number of nitrogens with zero attached hydrogens (tertiary/aromatic N) is 1. The summed E-state index contributed by atoms with van der Waals surface area (Å²) in [6.45, 7) is 1.76. The van der Waals surface area contributed by atoms with Crippen molar-refractivity contribution in [2.75, 3.05) is 6.54 Å². The molecular formula is C14H21N3O2S. The van der Waals surface area contributed by atoms with Crippen LogP contribution in [0.2, 0.25) is 0 Å². The number of benzene rings is 1. The van der Waals surface area contributed by atoms with E-state index in [0.29, 0.717) is 4.90 Å². The zero-order valence-corrected chi connectivity index (χ0v) is 12.5. The fourth-order valence-corrected chi connectivity index (χ4v) is 4.63. The van der Waals surface area contributed by atoms with Crippen molar-refractivity contribution in [3.8, 4) is 0 Å². The largest absolute Gasteiger partial charge is 0.387 e. The van der Waals surface area contributed by atoms with E-state index in [1.165, 1.54) is 4.31 Å². The molecule has 1 fully saturated rings. The molecule has 0 spiro atoms. The van der Waals surface area contributed by atoms with E-state index in [0.717, 1.165) is 31.2 Å². The van der Waals surface area contributed by atoms with Crippen molar-refractivity contribution in [2.45, 2.75) is 43.5 Å². The first kappa shape index (κ1) is 15.0. The maximum Gasteiger partial charge on any atom is 0.243 e. The third-order valence-corrected chi connectivity index (χ3v) is 5.80. The van der Waals surface area contributed by atoms with Crippen molar-refractivity contribution >= 4 is 15.9 Å². The van der Waals surface area contributed by atoms with Gasteiger partial charge in [0.25, 0.3) is 0 Å². The van der Waals surface area contributed by atoms with Crippen LogP contribution in [0.1, 0.15) is 31.2 Å². The third-order valence-electron chi connectivity index (χ3n) is 3.74. The van der Waals surface area contributed by atoms with Crippen molar-refractivity contribution in [3.05, 3.63) is 29.8 Å². The van der Waals surface area contributed by atoms with Gasteiger partial charge in [0.05, 0.1) is 11.4 Å². The van der Waals surface area contributed by atoms with Gasteiger partial charge in [-0.3, -0.25) is 5.41 Å². The molecule has 0 atom stereocenters. The van der Waals surface area contributed by atoms with Crippen molar-refractivity contribution in [1.29, 1.82) is 5.41 Å². The second-order valence-electron chi connectivity index (χ2n) is 5.28. The molecule has 110 valence electrons. The average molecular weight is 295 g/mol. The smallest absolute Gasteiger partial charge is 0.243 e. The van der Waals surface area contributed by atoms with E-state index in [-0.39, 0.29) is 18.4 Å². The molecule has 6 heteroatoms. The first-order valence-electron chi connectivity index (χ1n) is 6.83. The van der Waals surface area contributed by atoms with E-state index in [9.17, 15) is 8.42 Å². The Balaban J connectivity index is 2.41. The lowest BCUT2D eigenvalue weighted by Crippen LogP contribution is -2.44. The van der Waals surface area contributed by atoms with Crippen molar-refractivity contribution < 1.29 is 8.42 Å². The van der Waals surface area contributed by atoms with Gasteiger partial charge in [0, 0.05) is 6.04 Å². The van der Waals surface area contributed by atoms with Gasteiger partial charge < -0.3 is 5.73 Å². The molecular weight excluding hydrogens is 274 g/mol. The number of nitrogens with two attached hydrogens (primary N) is 1. The van der Waals surface area contributed by atoms with Gasteiger partial charge in [-0.05, 0) is 31.4 Å². The Morgan fingerprint density at radius 3 is 2.50 bits per heavy atom. The van der Waals surface area contributed by atoms with Crippen LogP contribution in [0.15, 0.2) is 29.2 Å². The molecule has 1 aliphatic carbocycles. The molecule has 5 nitrogen and oxygen atoms in total. The molecule has 0 heterocycles. The molecule has 0 aliphatic heterocycles. The van der Waals surface area contributed by atoms with Gasteiger partial charge in [-0.1, -0.05) is 31.0 Å². The van der Waals surface area contributed by atoms with Crippen LogP contribution in [0.5, 0.6) is 0 Å². The molecule has 1 aromatic rings. The van der Waals surface area contributed by atoms with Gasteiger partial charge in [0.2, 0.25) is 10.0 Å². The van der Waals surface area contributed by atoms with Gasteiger partial charge >= 0.3 is 0 Å². The summed E-state index contributed by atoms with van der Waals surface area (Å²) in [5.41, 5.74) is 6.17. The SMILES string of the molecule is Cc1ccccc1S(=O)(=O)N(CC(=N)N)C1CCCC1. The highest BCUT2D eigenvalue weighted by molar-refractivity contribution is 7.89. The normalized spacial score (nSPS) is 16.7. The number of amidine groups is 1. The quantitative estimate of drug-likeness (QED) is 0.642. The summed E-state index contributed by atoms with van der Waals surface area (Å²) in [6.07, 6.45) is 3.75. The van der Waals surface area contributed by atoms with E-state index in [4.69, 9.17) is 11.1 Å². The van der Waals surface area contributed by atoms with E-state index in [2.05, 4.69) is 0 Å². The Labute approximate surface area is 120 Å². The van der Waals surface area contributed by atoms with Gasteiger partial charge in [-0.25, -0.2) is 8.42 Å². The minimum absolute atomic E-state index is 0.0265. The standard InChI is InChI=1S/C14H21N3O2S/c1-11-6-2-5-9-13(11)20(18,19)17(10-14(15)16)12-7-3-4-8-12/h2,5-6,9,12H,3-4,7-8,10H2,1H3,(H3,15,16). The lowest BCUT2D eigenvalue weighted by molar-refractivity contribution is 0.353. The molecule has 0 amide bonds. The average Bonchev–Trinajstić information content (AvgIpc) is 2.89. The molecule has 2 rings (SSSR count). The highest BCUT2D eigenvalue weighted by Crippen LogP contribution is 2.29. The minimum Gasteiger partial charge on any atom is -0.387 e. The van der Waals surface area contributed by atoms with Crippen LogP contribution in [0, 0.1) is 12.3 Å². The van der Waals surface area contributed by atoms with Crippen LogP contribution >= 0.6 is 0 Å². The molecule has 20 heavy (non-hydrogen) atoms. The van der Waals surface area contributed by atoms with Gasteiger partial charge in [-0.2, -0.15) is 4.31 Å². The van der Waals surface area contributed by atoms with Crippen LogP contribution in [0.4, 0.5) is 0 Å². The van der Waals surface area contributed by atoms with Gasteiger partial charge in [-0.15, -0.1) is 0 Å². The zero-order valence-electron chi connectivity index (χ0n) is 11.7. The molecule has 0 bridgehead atoms. The molecule has 3 N–H and O–H groups in total. The fourth-order valence-electron chi connectivity index (χ4n) is 2.74. The van der Waals surface area contributed by atoms with Crippen LogP contribution in [0.25, 0.3) is 0 Å². The summed E-state index contributed by atoms with van der Waals surface area (Å²) in [4.78, 5) is 0.313. The lowest BCUT2D eigenvalue weighted by Gasteiger charge is -2.28. The Kier molecular flexibility index (Phi) is 4.45. The van der Waals surface area contributed by atoms with Crippen LogP contribution in [-0.4, -0.2) is 31.1 Å². The number of hydrogen-bond acceptors (Lipinski definition) is 3. The topological polar surface area (TPSA) is 87.2 Å². The third kappa shape index (κ3) is 3.02. The van der Waals surface area contributed by atoms with Crippen LogP contribution in [0.3, 0.4) is 0 Å². The molecule has 1 aromatic carbocycles. The first-order chi connectivity index (χ1) is 9.43. The fraction of sp³-hybridized carbons (Fsp3) is 0.500. The summed E-state index contributed by atoms with van der Waals surface area (Å²) in [5.74, 6) is -0.117. The number of aryl methyl sites for hydroxylation is 1. The lowest BCUT2D eigenvalue weighted by atomic mass is 10.2. The summed E-state index contributed by atoms with van der Waals surface area (Å²) in [7, 11) is -3.60. The number of hydrogen-bond donors (Lipinski definition) is 2. The summed E-state index contributed by atoms with van der Waals surface area (Å²) in [5, 5.41) is 7.46. The second-order valence-corrected chi connectivity index (χ2v) is 7.14. The monoisotopic (exact) mass is 295 g/mol. The molecule has 0 aromatic heterocycles. The first-order valence-corrected chi connectivity index (χ1v) is 8.27. The van der Waals surface area contributed by atoms with E-state index in [1.807, 2.05) is 6.07 Å². The molecule has 0 saturated heterocycles. The Hall–Kier alpha value is -1.40. The second kappa shape index (κ2) is 5.93. The summed E-state index contributed by atoms with van der Waals surface area (Å²) in [6, 6.07) is 6.91. The van der Waals surface area contributed by atoms with Crippen LogP contribution in [-0.2, 0) is 10.0 Å². The number of nitrogens with one attached hydrogen (secondary N) is 1. The Bertz CT molecular complexity index is 592. The highest BCUT2D eigenvalue weighted by atomic mass is 32.2. The van der Waals surface area contributed by atoms with Gasteiger partial charge in [0.1, 0.15) is 5.84 Å². The Morgan fingerprint density at radius 1 is 1.35 bits per heavy atom. The predicted octanol–water partition coefficient (Wildman–Crippen LogP) is 1.86.